The normalized spacial score (nSPS) is 41.5. The summed E-state index contributed by atoms with van der Waals surface area (Å²) in [5.74, 6) is 3.18. The van der Waals surface area contributed by atoms with Crippen LogP contribution in [-0.2, 0) is 4.74 Å². The standard InChI is InChI=1S/C21H33FN2O/c1-15-12-17(19-13-23-21-4-2-3-11-24(19)21)7-10-20(15)25-14-16-5-8-18(22)9-6-16/h2,4,15-20H,3,5-14H2,1H3/t15-,16?,17-,18?,19?,20?/m1/s1. The number of halogens is 1. The Labute approximate surface area is 151 Å². The molecule has 0 spiro atoms. The molecule has 0 amide bonds. The molecule has 4 aliphatic rings. The molecule has 0 aromatic rings. The van der Waals surface area contributed by atoms with E-state index in [-0.39, 0.29) is 0 Å². The molecule has 0 radical (unpaired) electrons. The molecule has 2 aliphatic carbocycles. The van der Waals surface area contributed by atoms with Crippen LogP contribution in [-0.4, -0.2) is 48.7 Å². The van der Waals surface area contributed by atoms with Gasteiger partial charge in [-0.05, 0) is 75.2 Å². The minimum atomic E-state index is -0.561. The van der Waals surface area contributed by atoms with Crippen LogP contribution < -0.4 is 0 Å². The van der Waals surface area contributed by atoms with Gasteiger partial charge >= 0.3 is 0 Å². The number of hydrogen-bond donors (Lipinski definition) is 0. The van der Waals surface area contributed by atoms with Gasteiger partial charge in [-0.15, -0.1) is 0 Å². The van der Waals surface area contributed by atoms with Crippen LogP contribution in [0.25, 0.3) is 0 Å². The van der Waals surface area contributed by atoms with Crippen LogP contribution in [0.4, 0.5) is 4.39 Å². The zero-order valence-corrected chi connectivity index (χ0v) is 15.6. The van der Waals surface area contributed by atoms with E-state index in [2.05, 4.69) is 24.0 Å². The topological polar surface area (TPSA) is 24.8 Å². The molecule has 4 rings (SSSR count). The van der Waals surface area contributed by atoms with Gasteiger partial charge < -0.3 is 9.64 Å². The highest BCUT2D eigenvalue weighted by molar-refractivity contribution is 5.95. The SMILES string of the molecule is C[C@@H]1C[C@H](C2CN=C3C=CCCN32)CCC1OCC1CCC(F)CC1. The van der Waals surface area contributed by atoms with Crippen molar-refractivity contribution in [3.05, 3.63) is 12.2 Å². The molecular weight excluding hydrogens is 315 g/mol. The first kappa shape index (κ1) is 17.5. The lowest BCUT2D eigenvalue weighted by Gasteiger charge is -2.41. The second kappa shape index (κ2) is 7.77. The van der Waals surface area contributed by atoms with E-state index in [4.69, 9.17) is 9.73 Å². The van der Waals surface area contributed by atoms with Gasteiger partial charge in [-0.3, -0.25) is 4.99 Å². The second-order valence-corrected chi connectivity index (χ2v) is 8.69. The summed E-state index contributed by atoms with van der Waals surface area (Å²) in [4.78, 5) is 7.31. The Morgan fingerprint density at radius 2 is 2.04 bits per heavy atom. The predicted molar refractivity (Wildman–Crippen MR) is 99.7 cm³/mol. The summed E-state index contributed by atoms with van der Waals surface area (Å²) in [5.41, 5.74) is 0. The van der Waals surface area contributed by atoms with E-state index in [1.807, 2.05) is 0 Å². The van der Waals surface area contributed by atoms with Crippen LogP contribution in [0.2, 0.25) is 0 Å². The number of amidine groups is 1. The maximum atomic E-state index is 13.3. The molecule has 2 unspecified atom stereocenters. The van der Waals surface area contributed by atoms with E-state index < -0.39 is 6.17 Å². The number of rotatable bonds is 4. The fourth-order valence-electron chi connectivity index (χ4n) is 5.34. The van der Waals surface area contributed by atoms with Gasteiger partial charge in [0.2, 0.25) is 0 Å². The van der Waals surface area contributed by atoms with Crippen LogP contribution in [0.15, 0.2) is 17.1 Å². The summed E-state index contributed by atoms with van der Waals surface area (Å²) in [5, 5.41) is 0. The summed E-state index contributed by atoms with van der Waals surface area (Å²) in [7, 11) is 0. The molecule has 25 heavy (non-hydrogen) atoms. The smallest absolute Gasteiger partial charge is 0.123 e. The second-order valence-electron chi connectivity index (χ2n) is 8.69. The van der Waals surface area contributed by atoms with Crippen LogP contribution in [0, 0.1) is 17.8 Å². The van der Waals surface area contributed by atoms with Crippen LogP contribution in [0.1, 0.15) is 58.3 Å². The van der Waals surface area contributed by atoms with Gasteiger partial charge in [0.1, 0.15) is 12.0 Å². The van der Waals surface area contributed by atoms with Crippen LogP contribution in [0.3, 0.4) is 0 Å². The first-order valence-corrected chi connectivity index (χ1v) is 10.4. The summed E-state index contributed by atoms with van der Waals surface area (Å²) >= 11 is 0. The zero-order valence-electron chi connectivity index (χ0n) is 15.6. The first-order valence-electron chi connectivity index (χ1n) is 10.4. The molecule has 0 bridgehead atoms. The minimum absolute atomic E-state index is 0.405. The van der Waals surface area contributed by atoms with E-state index >= 15 is 0 Å². The highest BCUT2D eigenvalue weighted by Crippen LogP contribution is 2.37. The summed E-state index contributed by atoms with van der Waals surface area (Å²) in [6, 6.07) is 0.614. The third-order valence-corrected chi connectivity index (χ3v) is 6.94. The van der Waals surface area contributed by atoms with Crippen LogP contribution >= 0.6 is 0 Å². The Balaban J connectivity index is 1.24. The summed E-state index contributed by atoms with van der Waals surface area (Å²) < 4.78 is 19.6. The molecule has 4 atom stereocenters. The first-order chi connectivity index (χ1) is 12.2. The predicted octanol–water partition coefficient (Wildman–Crippen LogP) is 4.38. The van der Waals surface area contributed by atoms with Crippen molar-refractivity contribution in [1.29, 1.82) is 0 Å². The molecule has 2 heterocycles. The van der Waals surface area contributed by atoms with Crippen molar-refractivity contribution < 1.29 is 9.13 Å². The molecule has 3 nitrogen and oxygen atoms in total. The van der Waals surface area contributed by atoms with Gasteiger partial charge in [0.05, 0.1) is 18.7 Å². The van der Waals surface area contributed by atoms with Crippen molar-refractivity contribution in [3.8, 4) is 0 Å². The van der Waals surface area contributed by atoms with Crippen molar-refractivity contribution in [1.82, 2.24) is 4.90 Å². The van der Waals surface area contributed by atoms with E-state index in [9.17, 15) is 4.39 Å². The van der Waals surface area contributed by atoms with Crippen molar-refractivity contribution in [3.63, 3.8) is 0 Å². The molecule has 4 heteroatoms. The Kier molecular flexibility index (Phi) is 5.44. The van der Waals surface area contributed by atoms with Gasteiger partial charge in [0, 0.05) is 13.2 Å². The third kappa shape index (κ3) is 3.94. The van der Waals surface area contributed by atoms with E-state index in [1.54, 1.807) is 0 Å². The number of alkyl halides is 1. The monoisotopic (exact) mass is 348 g/mol. The summed E-state index contributed by atoms with van der Waals surface area (Å²) in [6.07, 6.45) is 12.7. The maximum absolute atomic E-state index is 13.3. The van der Waals surface area contributed by atoms with E-state index in [1.165, 1.54) is 25.1 Å². The lowest BCUT2D eigenvalue weighted by Crippen LogP contribution is -2.45. The highest BCUT2D eigenvalue weighted by atomic mass is 19.1. The molecule has 140 valence electrons. The Hall–Kier alpha value is -0.900. The number of fused-ring (bicyclic) bond motifs is 1. The largest absolute Gasteiger partial charge is 0.378 e. The minimum Gasteiger partial charge on any atom is -0.378 e. The average Bonchev–Trinajstić information content (AvgIpc) is 3.06. The van der Waals surface area contributed by atoms with Crippen molar-refractivity contribution in [2.45, 2.75) is 76.6 Å². The fourth-order valence-corrected chi connectivity index (χ4v) is 5.34. The number of hydrogen-bond acceptors (Lipinski definition) is 3. The molecule has 0 aromatic heterocycles. The molecule has 0 aromatic carbocycles. The molecule has 0 saturated heterocycles. The zero-order chi connectivity index (χ0) is 17.2. The van der Waals surface area contributed by atoms with Gasteiger partial charge in [-0.1, -0.05) is 13.0 Å². The molecule has 2 aliphatic heterocycles. The third-order valence-electron chi connectivity index (χ3n) is 6.94. The lowest BCUT2D eigenvalue weighted by atomic mass is 9.76. The molecule has 2 fully saturated rings. The molecular formula is C21H33FN2O. The number of ether oxygens (including phenoxy) is 1. The van der Waals surface area contributed by atoms with E-state index in [0.717, 1.165) is 57.7 Å². The highest BCUT2D eigenvalue weighted by Gasteiger charge is 2.38. The quantitative estimate of drug-likeness (QED) is 0.753. The van der Waals surface area contributed by atoms with Gasteiger partial charge in [-0.2, -0.15) is 0 Å². The summed E-state index contributed by atoms with van der Waals surface area (Å²) in [6.45, 7) is 5.33. The van der Waals surface area contributed by atoms with E-state index in [0.29, 0.717) is 24.0 Å². The maximum Gasteiger partial charge on any atom is 0.123 e. The number of aliphatic imine (C=N–C) groups is 1. The van der Waals surface area contributed by atoms with Gasteiger partial charge in [-0.25, -0.2) is 4.39 Å². The van der Waals surface area contributed by atoms with Crippen molar-refractivity contribution in [2.24, 2.45) is 22.7 Å². The van der Waals surface area contributed by atoms with Crippen molar-refractivity contribution in [2.75, 3.05) is 19.7 Å². The van der Waals surface area contributed by atoms with Gasteiger partial charge in [0.25, 0.3) is 0 Å². The van der Waals surface area contributed by atoms with Crippen LogP contribution in [0.5, 0.6) is 0 Å². The Morgan fingerprint density at radius 3 is 2.84 bits per heavy atom. The number of nitrogens with zero attached hydrogens (tertiary/aromatic N) is 2. The van der Waals surface area contributed by atoms with Crippen molar-refractivity contribution >= 4 is 5.84 Å². The van der Waals surface area contributed by atoms with Gasteiger partial charge in [0.15, 0.2) is 0 Å². The molecule has 2 saturated carbocycles. The molecule has 0 N–H and O–H groups in total. The fraction of sp³-hybridized carbons (Fsp3) is 0.857. The Bertz CT molecular complexity index is 512. The average molecular weight is 349 g/mol. The Morgan fingerprint density at radius 1 is 1.20 bits per heavy atom. The lowest BCUT2D eigenvalue weighted by molar-refractivity contribution is -0.0444.